The Hall–Kier alpha value is -2.75. The number of hydrogen-bond donors (Lipinski definition) is 0. The van der Waals surface area contributed by atoms with Crippen molar-refractivity contribution in [1.29, 1.82) is 0 Å². The number of ether oxygens (including phenoxy) is 1. The van der Waals surface area contributed by atoms with Crippen molar-refractivity contribution < 1.29 is 39.9 Å². The summed E-state index contributed by atoms with van der Waals surface area (Å²) in [6.45, 7) is 1.06. The van der Waals surface area contributed by atoms with Crippen molar-refractivity contribution in [3.63, 3.8) is 0 Å². The maximum absolute atomic E-state index is 13.7. The lowest BCUT2D eigenvalue weighted by Crippen LogP contribution is -2.33. The van der Waals surface area contributed by atoms with Gasteiger partial charge in [-0.1, -0.05) is 18.2 Å². The Morgan fingerprint density at radius 1 is 0.967 bits per heavy atom. The fourth-order valence-electron chi connectivity index (χ4n) is 3.41. The Morgan fingerprint density at radius 3 is 2.03 bits per heavy atom. The van der Waals surface area contributed by atoms with Crippen molar-refractivity contribution in [1.82, 2.24) is 0 Å². The van der Waals surface area contributed by atoms with Crippen LogP contribution in [0.5, 0.6) is 0 Å². The van der Waals surface area contributed by atoms with E-state index in [1.807, 2.05) is 0 Å². The SMILES string of the molecule is CC1(CC(F)(F)F)OC(=O)C(c2ccc(F)c(F)c2)=C1c1ccc(S(C)(=O)=O)cc1. The monoisotopic (exact) mass is 446 g/mol. The van der Waals surface area contributed by atoms with Gasteiger partial charge in [-0.25, -0.2) is 22.0 Å². The molecule has 0 N–H and O–H groups in total. The number of alkyl halides is 3. The molecule has 1 atom stereocenters. The first kappa shape index (κ1) is 21.9. The standard InChI is InChI=1S/C20H15F5O4S/c1-19(10-20(23,24)25)17(11-3-6-13(7-4-11)30(2,27)28)16(18(26)29-19)12-5-8-14(21)15(22)9-12/h3-9H,10H2,1-2H3. The van der Waals surface area contributed by atoms with Crippen molar-refractivity contribution in [3.8, 4) is 0 Å². The lowest BCUT2D eigenvalue weighted by molar-refractivity contribution is -0.174. The normalized spacial score (nSPS) is 19.9. The topological polar surface area (TPSA) is 60.4 Å². The number of cyclic esters (lactones) is 1. The molecule has 0 fully saturated rings. The number of sulfone groups is 1. The molecule has 0 radical (unpaired) electrons. The Morgan fingerprint density at radius 2 is 1.53 bits per heavy atom. The third-order valence-corrected chi connectivity index (χ3v) is 5.75. The van der Waals surface area contributed by atoms with E-state index in [2.05, 4.69) is 0 Å². The van der Waals surface area contributed by atoms with Gasteiger partial charge in [0.05, 0.1) is 16.9 Å². The van der Waals surface area contributed by atoms with Gasteiger partial charge < -0.3 is 4.74 Å². The summed E-state index contributed by atoms with van der Waals surface area (Å²) in [5, 5.41) is 0. The van der Waals surface area contributed by atoms with E-state index in [4.69, 9.17) is 4.74 Å². The first-order valence-corrected chi connectivity index (χ1v) is 10.4. The average molecular weight is 446 g/mol. The van der Waals surface area contributed by atoms with Gasteiger partial charge in [0.15, 0.2) is 21.5 Å². The fourth-order valence-corrected chi connectivity index (χ4v) is 4.04. The van der Waals surface area contributed by atoms with Crippen LogP contribution in [0.1, 0.15) is 24.5 Å². The second-order valence-electron chi connectivity index (χ2n) is 7.09. The van der Waals surface area contributed by atoms with E-state index in [1.165, 1.54) is 24.3 Å². The predicted molar refractivity (Wildman–Crippen MR) is 97.9 cm³/mol. The summed E-state index contributed by atoms with van der Waals surface area (Å²) >= 11 is 0. The lowest BCUT2D eigenvalue weighted by atomic mass is 9.83. The largest absolute Gasteiger partial charge is 0.450 e. The number of carbonyl (C=O) groups is 1. The Bertz CT molecular complexity index is 1150. The van der Waals surface area contributed by atoms with Crippen molar-refractivity contribution in [2.45, 2.75) is 30.0 Å². The van der Waals surface area contributed by atoms with E-state index in [9.17, 15) is 35.2 Å². The molecule has 4 nitrogen and oxygen atoms in total. The second kappa shape index (κ2) is 7.19. The van der Waals surface area contributed by atoms with Gasteiger partial charge in [-0.3, -0.25) is 0 Å². The molecule has 2 aromatic carbocycles. The van der Waals surface area contributed by atoms with Crippen molar-refractivity contribution in [2.75, 3.05) is 6.26 Å². The Balaban J connectivity index is 2.27. The molecule has 0 spiro atoms. The minimum absolute atomic E-state index is 0.0796. The molecule has 0 saturated heterocycles. The van der Waals surface area contributed by atoms with Crippen LogP contribution in [0.4, 0.5) is 22.0 Å². The van der Waals surface area contributed by atoms with Crippen LogP contribution in [0.15, 0.2) is 47.4 Å². The molecule has 0 aromatic heterocycles. The molecule has 0 amide bonds. The molecule has 1 heterocycles. The molecule has 0 bridgehead atoms. The maximum Gasteiger partial charge on any atom is 0.393 e. The van der Waals surface area contributed by atoms with Gasteiger partial charge in [0.1, 0.15) is 5.60 Å². The van der Waals surface area contributed by atoms with Crippen LogP contribution >= 0.6 is 0 Å². The van der Waals surface area contributed by atoms with Crippen molar-refractivity contribution >= 4 is 27.0 Å². The van der Waals surface area contributed by atoms with Gasteiger partial charge in [-0.05, 0) is 42.3 Å². The molecule has 0 aliphatic carbocycles. The fraction of sp³-hybridized carbons (Fsp3) is 0.250. The van der Waals surface area contributed by atoms with Gasteiger partial charge in [-0.2, -0.15) is 13.2 Å². The van der Waals surface area contributed by atoms with Crippen molar-refractivity contribution in [3.05, 3.63) is 65.2 Å². The zero-order valence-electron chi connectivity index (χ0n) is 15.7. The third-order valence-electron chi connectivity index (χ3n) is 4.62. The molecule has 0 saturated carbocycles. The Labute approximate surface area is 168 Å². The lowest BCUT2D eigenvalue weighted by Gasteiger charge is -2.28. The van der Waals surface area contributed by atoms with Crippen LogP contribution in [0, 0.1) is 11.6 Å². The van der Waals surface area contributed by atoms with E-state index in [-0.39, 0.29) is 27.2 Å². The zero-order chi connectivity index (χ0) is 22.5. The number of benzene rings is 2. The summed E-state index contributed by atoms with van der Waals surface area (Å²) in [5.74, 6) is -3.61. The van der Waals surface area contributed by atoms with E-state index in [0.29, 0.717) is 6.07 Å². The van der Waals surface area contributed by atoms with Crippen LogP contribution in [0.3, 0.4) is 0 Å². The minimum Gasteiger partial charge on any atom is -0.450 e. The average Bonchev–Trinajstić information content (AvgIpc) is 2.84. The number of esters is 1. The molecular weight excluding hydrogens is 431 g/mol. The van der Waals surface area contributed by atoms with Crippen LogP contribution in [-0.2, 0) is 19.4 Å². The van der Waals surface area contributed by atoms with Gasteiger partial charge in [0.2, 0.25) is 0 Å². The first-order chi connectivity index (χ1) is 13.7. The van der Waals surface area contributed by atoms with Gasteiger partial charge in [0, 0.05) is 11.8 Å². The number of hydrogen-bond acceptors (Lipinski definition) is 4. The quantitative estimate of drug-likeness (QED) is 0.511. The van der Waals surface area contributed by atoms with Gasteiger partial charge in [0.25, 0.3) is 0 Å². The summed E-state index contributed by atoms with van der Waals surface area (Å²) < 4.78 is 95.2. The molecule has 1 aliphatic heterocycles. The number of carbonyl (C=O) groups excluding carboxylic acids is 1. The predicted octanol–water partition coefficient (Wildman–Crippen LogP) is 4.55. The van der Waals surface area contributed by atoms with Crippen LogP contribution in [0.2, 0.25) is 0 Å². The summed E-state index contributed by atoms with van der Waals surface area (Å²) in [4.78, 5) is 12.4. The molecule has 3 rings (SSSR count). The zero-order valence-corrected chi connectivity index (χ0v) is 16.5. The molecule has 30 heavy (non-hydrogen) atoms. The molecule has 1 aliphatic rings. The third kappa shape index (κ3) is 4.23. The summed E-state index contributed by atoms with van der Waals surface area (Å²) in [6, 6.07) is 7.32. The molecule has 2 aromatic rings. The molecular formula is C20H15F5O4S. The van der Waals surface area contributed by atoms with Gasteiger partial charge >= 0.3 is 12.1 Å². The highest BCUT2D eigenvalue weighted by atomic mass is 32.2. The van der Waals surface area contributed by atoms with E-state index in [0.717, 1.165) is 25.3 Å². The number of halogens is 5. The molecule has 160 valence electrons. The van der Waals surface area contributed by atoms with E-state index in [1.54, 1.807) is 0 Å². The highest BCUT2D eigenvalue weighted by Crippen LogP contribution is 2.48. The van der Waals surface area contributed by atoms with Crippen LogP contribution in [0.25, 0.3) is 11.1 Å². The smallest absolute Gasteiger partial charge is 0.393 e. The van der Waals surface area contributed by atoms with Crippen LogP contribution < -0.4 is 0 Å². The molecule has 1 unspecified atom stereocenters. The highest BCUT2D eigenvalue weighted by Gasteiger charge is 2.51. The van der Waals surface area contributed by atoms with E-state index >= 15 is 0 Å². The van der Waals surface area contributed by atoms with Gasteiger partial charge in [-0.15, -0.1) is 0 Å². The summed E-state index contributed by atoms with van der Waals surface area (Å²) in [6.07, 6.45) is -5.28. The highest BCUT2D eigenvalue weighted by molar-refractivity contribution is 7.90. The van der Waals surface area contributed by atoms with Crippen LogP contribution in [-0.4, -0.2) is 32.4 Å². The second-order valence-corrected chi connectivity index (χ2v) is 9.10. The minimum atomic E-state index is -4.71. The summed E-state index contributed by atoms with van der Waals surface area (Å²) in [5.41, 5.74) is -2.78. The Kier molecular flexibility index (Phi) is 5.26. The maximum atomic E-state index is 13.7. The number of rotatable bonds is 4. The van der Waals surface area contributed by atoms with E-state index < -0.39 is 45.6 Å². The molecule has 10 heteroatoms. The van der Waals surface area contributed by atoms with Crippen molar-refractivity contribution in [2.24, 2.45) is 0 Å². The summed E-state index contributed by atoms with van der Waals surface area (Å²) in [7, 11) is -3.57. The first-order valence-electron chi connectivity index (χ1n) is 8.52.